The molecule has 0 spiro atoms. The van der Waals surface area contributed by atoms with Gasteiger partial charge in [-0.25, -0.2) is 0 Å². The molecule has 0 bridgehead atoms. The van der Waals surface area contributed by atoms with Gasteiger partial charge in [-0.2, -0.15) is 0 Å². The first-order chi connectivity index (χ1) is 7.74. The standard InChI is InChI=1S/C13H31N3/c1-5-10-16(6-2)13-12-15(4)11-8-7-9-14-3/h14H,5-13H2,1-4H3. The minimum absolute atomic E-state index is 1.14. The molecule has 0 amide bonds. The summed E-state index contributed by atoms with van der Waals surface area (Å²) in [5.41, 5.74) is 0. The van der Waals surface area contributed by atoms with Gasteiger partial charge in [0.05, 0.1) is 0 Å². The highest BCUT2D eigenvalue weighted by atomic mass is 15.2. The van der Waals surface area contributed by atoms with Crippen molar-refractivity contribution < 1.29 is 0 Å². The Labute approximate surface area is 102 Å². The molecule has 0 rings (SSSR count). The van der Waals surface area contributed by atoms with Gasteiger partial charge >= 0.3 is 0 Å². The third-order valence-corrected chi connectivity index (χ3v) is 3.00. The van der Waals surface area contributed by atoms with Gasteiger partial charge in [-0.1, -0.05) is 13.8 Å². The SMILES string of the molecule is CCCN(CC)CCN(C)CCCCNC. The zero-order valence-electron chi connectivity index (χ0n) is 11.8. The van der Waals surface area contributed by atoms with Crippen molar-refractivity contribution in [2.75, 3.05) is 53.4 Å². The summed E-state index contributed by atoms with van der Waals surface area (Å²) in [6, 6.07) is 0. The maximum atomic E-state index is 3.19. The van der Waals surface area contributed by atoms with Gasteiger partial charge in [-0.15, -0.1) is 0 Å². The third-order valence-electron chi connectivity index (χ3n) is 3.00. The van der Waals surface area contributed by atoms with Gasteiger partial charge in [0, 0.05) is 13.1 Å². The molecule has 3 nitrogen and oxygen atoms in total. The Balaban J connectivity index is 3.43. The van der Waals surface area contributed by atoms with E-state index in [1.807, 2.05) is 7.05 Å². The lowest BCUT2D eigenvalue weighted by atomic mass is 10.3. The Hall–Kier alpha value is -0.120. The van der Waals surface area contributed by atoms with Crippen LogP contribution in [0, 0.1) is 0 Å². The average Bonchev–Trinajstić information content (AvgIpc) is 2.30. The van der Waals surface area contributed by atoms with Crippen molar-refractivity contribution in [2.24, 2.45) is 0 Å². The molecule has 0 aliphatic heterocycles. The quantitative estimate of drug-likeness (QED) is 0.544. The summed E-state index contributed by atoms with van der Waals surface area (Å²) in [5.74, 6) is 0. The van der Waals surface area contributed by atoms with Crippen LogP contribution in [0.4, 0.5) is 0 Å². The maximum Gasteiger partial charge on any atom is 0.0109 e. The molecule has 0 radical (unpaired) electrons. The van der Waals surface area contributed by atoms with Crippen LogP contribution < -0.4 is 5.32 Å². The third kappa shape index (κ3) is 9.13. The maximum absolute atomic E-state index is 3.19. The summed E-state index contributed by atoms with van der Waals surface area (Å²) in [6.45, 7) is 11.7. The summed E-state index contributed by atoms with van der Waals surface area (Å²) in [6.07, 6.45) is 3.85. The zero-order chi connectivity index (χ0) is 12.2. The Morgan fingerprint density at radius 1 is 0.938 bits per heavy atom. The van der Waals surface area contributed by atoms with Crippen LogP contribution in [0.3, 0.4) is 0 Å². The summed E-state index contributed by atoms with van der Waals surface area (Å²) >= 11 is 0. The van der Waals surface area contributed by atoms with Crippen molar-refractivity contribution in [1.29, 1.82) is 0 Å². The van der Waals surface area contributed by atoms with E-state index in [1.54, 1.807) is 0 Å². The second-order valence-corrected chi connectivity index (χ2v) is 4.55. The molecule has 0 aromatic heterocycles. The van der Waals surface area contributed by atoms with Gasteiger partial charge in [0.15, 0.2) is 0 Å². The number of hydrogen-bond acceptors (Lipinski definition) is 3. The normalized spacial score (nSPS) is 11.6. The Morgan fingerprint density at radius 3 is 2.25 bits per heavy atom. The largest absolute Gasteiger partial charge is 0.320 e. The van der Waals surface area contributed by atoms with E-state index in [4.69, 9.17) is 0 Å². The van der Waals surface area contributed by atoms with Gasteiger partial charge in [0.2, 0.25) is 0 Å². The minimum Gasteiger partial charge on any atom is -0.320 e. The second-order valence-electron chi connectivity index (χ2n) is 4.55. The Bertz CT molecular complexity index is 139. The van der Waals surface area contributed by atoms with Crippen LogP contribution >= 0.6 is 0 Å². The topological polar surface area (TPSA) is 18.5 Å². The van der Waals surface area contributed by atoms with Crippen molar-refractivity contribution in [1.82, 2.24) is 15.1 Å². The van der Waals surface area contributed by atoms with Crippen LogP contribution in [0.5, 0.6) is 0 Å². The predicted molar refractivity (Wildman–Crippen MR) is 73.1 cm³/mol. The molecule has 0 heterocycles. The van der Waals surface area contributed by atoms with Gasteiger partial charge in [0.25, 0.3) is 0 Å². The van der Waals surface area contributed by atoms with E-state index in [-0.39, 0.29) is 0 Å². The van der Waals surface area contributed by atoms with Crippen molar-refractivity contribution >= 4 is 0 Å². The molecule has 0 aromatic rings. The first-order valence-electron chi connectivity index (χ1n) is 6.80. The van der Waals surface area contributed by atoms with Gasteiger partial charge < -0.3 is 15.1 Å². The van der Waals surface area contributed by atoms with Crippen LogP contribution in [0.1, 0.15) is 33.1 Å². The lowest BCUT2D eigenvalue weighted by Gasteiger charge is -2.23. The summed E-state index contributed by atoms with van der Waals surface area (Å²) < 4.78 is 0. The lowest BCUT2D eigenvalue weighted by molar-refractivity contribution is 0.231. The van der Waals surface area contributed by atoms with E-state index in [1.165, 1.54) is 52.0 Å². The number of nitrogens with one attached hydrogen (secondary N) is 1. The molecule has 0 aliphatic carbocycles. The molecule has 0 saturated carbocycles. The summed E-state index contributed by atoms with van der Waals surface area (Å²) in [5, 5.41) is 3.19. The van der Waals surface area contributed by atoms with Crippen molar-refractivity contribution in [3.63, 3.8) is 0 Å². The number of likely N-dealkylation sites (N-methyl/N-ethyl adjacent to an activating group) is 2. The highest BCUT2D eigenvalue weighted by Gasteiger charge is 2.03. The fraction of sp³-hybridized carbons (Fsp3) is 1.00. The monoisotopic (exact) mass is 229 g/mol. The fourth-order valence-corrected chi connectivity index (χ4v) is 1.85. The zero-order valence-corrected chi connectivity index (χ0v) is 11.8. The van der Waals surface area contributed by atoms with Gasteiger partial charge in [-0.3, -0.25) is 0 Å². The molecular formula is C13H31N3. The van der Waals surface area contributed by atoms with Crippen LogP contribution in [0.2, 0.25) is 0 Å². The Kier molecular flexibility index (Phi) is 11.3. The summed E-state index contributed by atoms with van der Waals surface area (Å²) in [4.78, 5) is 4.98. The van der Waals surface area contributed by atoms with E-state index >= 15 is 0 Å². The molecule has 0 atom stereocenters. The molecule has 98 valence electrons. The molecular weight excluding hydrogens is 198 g/mol. The molecule has 16 heavy (non-hydrogen) atoms. The van der Waals surface area contributed by atoms with Crippen LogP contribution in [-0.2, 0) is 0 Å². The first kappa shape index (κ1) is 15.9. The van der Waals surface area contributed by atoms with Gasteiger partial charge in [0.1, 0.15) is 0 Å². The number of unbranched alkanes of at least 4 members (excludes halogenated alkanes) is 1. The molecule has 3 heteroatoms. The number of hydrogen-bond donors (Lipinski definition) is 1. The predicted octanol–water partition coefficient (Wildman–Crippen LogP) is 1.65. The molecule has 0 saturated heterocycles. The Morgan fingerprint density at radius 2 is 1.69 bits per heavy atom. The van der Waals surface area contributed by atoms with Crippen LogP contribution in [0.25, 0.3) is 0 Å². The van der Waals surface area contributed by atoms with Crippen LogP contribution in [0.15, 0.2) is 0 Å². The minimum atomic E-state index is 1.14. The van der Waals surface area contributed by atoms with Crippen molar-refractivity contribution in [2.45, 2.75) is 33.1 Å². The molecule has 0 aliphatic rings. The molecule has 1 N–H and O–H groups in total. The molecule has 0 fully saturated rings. The second kappa shape index (κ2) is 11.4. The highest BCUT2D eigenvalue weighted by Crippen LogP contribution is 1.95. The van der Waals surface area contributed by atoms with Crippen LogP contribution in [-0.4, -0.2) is 63.2 Å². The van der Waals surface area contributed by atoms with E-state index in [0.717, 1.165) is 6.54 Å². The van der Waals surface area contributed by atoms with E-state index in [9.17, 15) is 0 Å². The van der Waals surface area contributed by atoms with E-state index in [2.05, 4.69) is 36.0 Å². The van der Waals surface area contributed by atoms with Gasteiger partial charge in [-0.05, 0) is 59.5 Å². The first-order valence-corrected chi connectivity index (χ1v) is 6.80. The van der Waals surface area contributed by atoms with E-state index < -0.39 is 0 Å². The van der Waals surface area contributed by atoms with Crippen molar-refractivity contribution in [3.05, 3.63) is 0 Å². The number of rotatable bonds is 11. The smallest absolute Gasteiger partial charge is 0.0109 e. The van der Waals surface area contributed by atoms with E-state index in [0.29, 0.717) is 0 Å². The number of nitrogens with zero attached hydrogens (tertiary/aromatic N) is 2. The molecule has 0 aromatic carbocycles. The average molecular weight is 229 g/mol. The summed E-state index contributed by atoms with van der Waals surface area (Å²) in [7, 11) is 4.26. The lowest BCUT2D eigenvalue weighted by Crippen LogP contribution is -2.34. The highest BCUT2D eigenvalue weighted by molar-refractivity contribution is 4.59. The fourth-order valence-electron chi connectivity index (χ4n) is 1.85. The van der Waals surface area contributed by atoms with Crippen molar-refractivity contribution in [3.8, 4) is 0 Å². The molecule has 0 unspecified atom stereocenters.